The van der Waals surface area contributed by atoms with E-state index in [0.717, 1.165) is 28.0 Å². The van der Waals surface area contributed by atoms with E-state index in [4.69, 9.17) is 11.5 Å². The van der Waals surface area contributed by atoms with Crippen LogP contribution in [0, 0.1) is 6.92 Å². The molecule has 19 rings (SSSR count). The van der Waals surface area contributed by atoms with Crippen molar-refractivity contribution in [3.63, 3.8) is 0 Å². The number of azo groups is 5. The number of nitrogens with two attached hydrogens (primary N) is 2. The van der Waals surface area contributed by atoms with Gasteiger partial charge in [0, 0.05) is 58.4 Å². The van der Waals surface area contributed by atoms with Gasteiger partial charge in [0.25, 0.3) is 45.9 Å². The second kappa shape index (κ2) is 41.5. The minimum Gasteiger partial charge on any atom is -0.492 e. The number of amides is 2. The Morgan fingerprint density at radius 3 is 1.28 bits per heavy atom. The van der Waals surface area contributed by atoms with Gasteiger partial charge in [-0.3, -0.25) is 58.5 Å². The minimum absolute atomic E-state index is 0.0478. The van der Waals surface area contributed by atoms with Crippen LogP contribution in [0.3, 0.4) is 0 Å². The normalized spacial score (nSPS) is 11.4. The molecule has 0 aliphatic rings. The van der Waals surface area contributed by atoms with Gasteiger partial charge in [0.15, 0.2) is 38.9 Å². The van der Waals surface area contributed by atoms with E-state index in [-0.39, 0.29) is 97.0 Å². The molecule has 0 saturated heterocycles. The number of aryl methyl sites for hydroxylation is 2. The summed E-state index contributed by atoms with van der Waals surface area (Å²) in [5.74, 6) is -4.27. The first-order chi connectivity index (χ1) is 68.0. The van der Waals surface area contributed by atoms with Crippen LogP contribution in [0.5, 0.6) is 29.4 Å². The molecule has 0 aliphatic carbocycles. The first kappa shape index (κ1) is 94.7. The van der Waals surface area contributed by atoms with Gasteiger partial charge in [-0.05, 0) is 110 Å². The van der Waals surface area contributed by atoms with Gasteiger partial charge in [0.1, 0.15) is 27.9 Å². The Morgan fingerprint density at radius 1 is 0.376 bits per heavy atom. The summed E-state index contributed by atoms with van der Waals surface area (Å²) in [6.07, 6.45) is 13.4. The molecule has 54 heteroatoms. The number of aromatic carboxylic acids is 1. The van der Waals surface area contributed by atoms with Crippen molar-refractivity contribution in [2.24, 2.45) is 83.8 Å². The number of aromatic amines is 3. The van der Waals surface area contributed by atoms with Crippen molar-refractivity contribution in [2.75, 3.05) is 6.26 Å². The standard InChI is InChI=1S/C20H17N7O3.C18H15N7O4S.C18H13N7O4.C16H17N7O3.C15H11N9O2/c1-25-18(15(12-22-25)17(21)28)24-23-16-19(29)26(13-8-4-2-5-9-13)27(20(16)30)14-10-6-3-7-11-14;1-30(28,29)13-11-20-25(14-9-5-6-10-19-14)16(13)22-21-15-17(26)23-24(18(15)27)12-7-3-2-4-8-12;26-16-14(17(27)25(23-16)11-4-2-1-3-5-11)21-22-15-13(18(28)29)10-20-24(15)12-6-8-19-9-7-12;1-9-11(13(17)24)14(23(20-9)10-7-5-4-6-8-10)19-18-12-15(25)21(2)22(3)16(12)26;25-12-11(13(26)23(22-12)10-5-2-1-3-6-10)20-21-15-18-9-19-24(15)14-16-7-4-8-17-14/h2-12,29H,1H3,(H2,21,28);2-11,27H,1H3,(H,23,26);1-10,27H,(H,23,26)(H,28,29);4-8,25H,1-3H3,(H2,17,24);1-9,26H,(H,22,25). The number of sulfone groups is 1. The van der Waals surface area contributed by atoms with E-state index < -0.39 is 73.1 Å². The van der Waals surface area contributed by atoms with Crippen molar-refractivity contribution in [1.82, 2.24) is 122 Å². The fraction of sp³-hybridized carbons (Fsp3) is 0.0575. The van der Waals surface area contributed by atoms with E-state index in [1.807, 2.05) is 24.3 Å². The van der Waals surface area contributed by atoms with Gasteiger partial charge in [-0.25, -0.2) is 70.3 Å². The number of nitrogens with zero attached hydrogens (tertiary/aromatic N) is 32. The number of benzene rings is 6. The Morgan fingerprint density at radius 2 is 0.809 bits per heavy atom. The van der Waals surface area contributed by atoms with E-state index in [1.165, 1.54) is 92.0 Å². The van der Waals surface area contributed by atoms with Crippen molar-refractivity contribution in [3.8, 4) is 81.0 Å². The summed E-state index contributed by atoms with van der Waals surface area (Å²) in [4.78, 5) is 117. The number of carbonyl (C=O) groups is 3. The highest BCUT2D eigenvalue weighted by molar-refractivity contribution is 7.90. The van der Waals surface area contributed by atoms with Gasteiger partial charge in [0.05, 0.1) is 64.1 Å². The van der Waals surface area contributed by atoms with E-state index in [0.29, 0.717) is 51.3 Å². The maximum atomic E-state index is 13.2. The molecule has 13 aromatic heterocycles. The van der Waals surface area contributed by atoms with Crippen LogP contribution in [0.4, 0.5) is 57.7 Å². The summed E-state index contributed by atoms with van der Waals surface area (Å²) in [5, 5.41) is 128. The lowest BCUT2D eigenvalue weighted by molar-refractivity contribution is 0.0697. The van der Waals surface area contributed by atoms with Gasteiger partial charge in [-0.15, -0.1) is 51.1 Å². The summed E-state index contributed by atoms with van der Waals surface area (Å²) in [6, 6.07) is 62.6. The van der Waals surface area contributed by atoms with Crippen LogP contribution in [0.1, 0.15) is 36.8 Å². The van der Waals surface area contributed by atoms with Crippen LogP contribution in [0.15, 0.2) is 354 Å². The molecule has 0 aliphatic heterocycles. The van der Waals surface area contributed by atoms with Crippen molar-refractivity contribution < 1.29 is 53.4 Å². The molecular formula is C87H73N37O16S. The highest BCUT2D eigenvalue weighted by Gasteiger charge is 2.29. The first-order valence-corrected chi connectivity index (χ1v) is 42.7. The molecule has 2 amide bonds. The minimum atomic E-state index is -3.70. The Labute approximate surface area is 788 Å². The van der Waals surface area contributed by atoms with Crippen LogP contribution in [0.25, 0.3) is 51.6 Å². The lowest BCUT2D eigenvalue weighted by Gasteiger charge is -2.12. The third-order valence-electron chi connectivity index (χ3n) is 19.9. The number of H-pyrrole nitrogens is 3. The first-order valence-electron chi connectivity index (χ1n) is 40.8. The third kappa shape index (κ3) is 20.4. The average molecular weight is 1920 g/mol. The Hall–Kier alpha value is -20.9. The molecule has 708 valence electrons. The number of aromatic nitrogens is 25. The maximum Gasteiger partial charge on any atom is 0.341 e. The van der Waals surface area contributed by atoms with Gasteiger partial charge in [0.2, 0.25) is 57.8 Å². The van der Waals surface area contributed by atoms with E-state index in [2.05, 4.69) is 117 Å². The number of nitrogens with one attached hydrogen (secondary N) is 3. The van der Waals surface area contributed by atoms with Crippen molar-refractivity contribution in [2.45, 2.75) is 11.8 Å². The SMILES string of the molecule is CS(=O)(=O)c1cnn(-c2ccccn2)c1N=Nc1c(O)n(-c2ccccc2)[nH]c1=O.Cc1nn(-c2ccccc2)c(N=Nc2c(O)n(C)n(C)c2=O)c1C(N)=O.Cn1ncc(C(N)=O)c1N=Nc1c(O)n(-c2ccccc2)n(-c2ccccc2)c1=O.O=C(O)c1cnn(-c2ccncc2)c1N=Nc1c(O)n(-c2ccccc2)[nH]c1=O.O=c1[nH]n(-c2ccccc2)c(O)c1N=Nc1ncnn1-c1ncccn1. The Bertz CT molecular complexity index is 8400. The lowest BCUT2D eigenvalue weighted by atomic mass is 10.2. The molecule has 0 unspecified atom stereocenters. The zero-order valence-corrected chi connectivity index (χ0v) is 74.4. The predicted molar refractivity (Wildman–Crippen MR) is 499 cm³/mol. The molecule has 0 spiro atoms. The number of pyridine rings is 2. The number of hydrogen-bond donors (Lipinski definition) is 11. The number of primary amides is 2. The summed E-state index contributed by atoms with van der Waals surface area (Å²) < 4.78 is 39.2. The van der Waals surface area contributed by atoms with E-state index in [9.17, 15) is 77.4 Å². The monoisotopic (exact) mass is 1920 g/mol. The van der Waals surface area contributed by atoms with Gasteiger partial charge in [-0.2, -0.15) is 39.8 Å². The van der Waals surface area contributed by atoms with E-state index in [1.54, 1.807) is 220 Å². The average Bonchev–Trinajstić information content (AvgIpc) is 1.61. The quantitative estimate of drug-likeness (QED) is 0.0265. The molecule has 13 heterocycles. The zero-order valence-electron chi connectivity index (χ0n) is 73.6. The second-order valence-corrected chi connectivity index (χ2v) is 30.9. The highest BCUT2D eigenvalue weighted by Crippen LogP contribution is 2.37. The molecule has 19 aromatic rings. The van der Waals surface area contributed by atoms with Gasteiger partial charge < -0.3 is 42.1 Å². The molecule has 0 bridgehead atoms. The highest BCUT2D eigenvalue weighted by atomic mass is 32.2. The van der Waals surface area contributed by atoms with Crippen LogP contribution in [-0.2, 0) is 31.0 Å². The van der Waals surface area contributed by atoms with Crippen LogP contribution >= 0.6 is 0 Å². The number of para-hydroxylation sites is 6. The molecule has 0 radical (unpaired) electrons. The number of carboxylic acids is 1. The largest absolute Gasteiger partial charge is 0.492 e. The molecule has 141 heavy (non-hydrogen) atoms. The van der Waals surface area contributed by atoms with Gasteiger partial charge >= 0.3 is 11.5 Å². The molecular weight excluding hydrogens is 1850 g/mol. The number of hydrogen-bond acceptors (Lipinski definition) is 35. The smallest absolute Gasteiger partial charge is 0.341 e. The summed E-state index contributed by atoms with van der Waals surface area (Å²) >= 11 is 0. The third-order valence-corrected chi connectivity index (χ3v) is 21.0. The molecule has 6 aromatic carbocycles. The molecule has 13 N–H and O–H groups in total. The fourth-order valence-corrected chi connectivity index (χ4v) is 13.7. The van der Waals surface area contributed by atoms with Crippen LogP contribution < -0.4 is 39.3 Å². The number of aromatic hydroxyl groups is 5. The summed E-state index contributed by atoms with van der Waals surface area (Å²) in [5.41, 5.74) is 10.2. The molecule has 53 nitrogen and oxygen atoms in total. The number of rotatable bonds is 23. The molecule has 0 atom stereocenters. The summed E-state index contributed by atoms with van der Waals surface area (Å²) in [7, 11) is 0.835. The number of carbonyl (C=O) groups excluding carboxylic acids is 2. The van der Waals surface area contributed by atoms with E-state index >= 15 is 0 Å². The van der Waals surface area contributed by atoms with Crippen molar-refractivity contribution in [1.29, 1.82) is 0 Å². The zero-order chi connectivity index (χ0) is 99.9. The Kier molecular flexibility index (Phi) is 27.9. The number of carboxylic acid groups (broad SMARTS) is 1. The predicted octanol–water partition coefficient (Wildman–Crippen LogP) is 10.5. The molecule has 0 fully saturated rings. The van der Waals surface area contributed by atoms with Crippen LogP contribution in [0.2, 0.25) is 0 Å². The van der Waals surface area contributed by atoms with Crippen molar-refractivity contribution in [3.05, 3.63) is 348 Å². The van der Waals surface area contributed by atoms with Crippen molar-refractivity contribution >= 4 is 85.3 Å². The second-order valence-electron chi connectivity index (χ2n) is 28.9. The Balaban J connectivity index is 0.000000133. The summed E-state index contributed by atoms with van der Waals surface area (Å²) in [6.45, 7) is 1.62. The lowest BCUT2D eigenvalue weighted by Crippen LogP contribution is -2.20. The fourth-order valence-electron chi connectivity index (χ4n) is 13.0. The van der Waals surface area contributed by atoms with Gasteiger partial charge in [-0.1, -0.05) is 115 Å². The van der Waals surface area contributed by atoms with Crippen LogP contribution in [-0.4, -0.2) is 185 Å². The maximum absolute atomic E-state index is 13.2. The molecule has 0 saturated carbocycles. The topological polar surface area (TPSA) is 703 Å².